The predicted molar refractivity (Wildman–Crippen MR) is 71.8 cm³/mol. The summed E-state index contributed by atoms with van der Waals surface area (Å²) in [6.07, 6.45) is 0. The first-order valence-corrected chi connectivity index (χ1v) is 6.52. The highest BCUT2D eigenvalue weighted by molar-refractivity contribution is 5.38. The van der Waals surface area contributed by atoms with Crippen LogP contribution < -0.4 is 10.1 Å². The third kappa shape index (κ3) is 3.43. The fourth-order valence-electron chi connectivity index (χ4n) is 2.35. The second kappa shape index (κ2) is 6.84. The Morgan fingerprint density at radius 2 is 2.00 bits per heavy atom. The average Bonchev–Trinajstić information content (AvgIpc) is 2.45. The van der Waals surface area contributed by atoms with Crippen molar-refractivity contribution in [2.75, 3.05) is 40.4 Å². The standard InChI is InChI=1S/C14H21FN2O2/c1-18-10-11-3-4-13(19-2)12(14(11)15)9-17-7-5-16-6-8-17/h3-4,16H,5-10H2,1-2H3. The molecule has 1 heterocycles. The van der Waals surface area contributed by atoms with Crippen molar-refractivity contribution >= 4 is 0 Å². The lowest BCUT2D eigenvalue weighted by Crippen LogP contribution is -2.43. The molecular weight excluding hydrogens is 247 g/mol. The van der Waals surface area contributed by atoms with Gasteiger partial charge in [-0.05, 0) is 6.07 Å². The van der Waals surface area contributed by atoms with E-state index in [-0.39, 0.29) is 12.4 Å². The SMILES string of the molecule is COCc1ccc(OC)c(CN2CCNCC2)c1F. The molecule has 1 aliphatic rings. The van der Waals surface area contributed by atoms with Crippen molar-refractivity contribution in [1.29, 1.82) is 0 Å². The highest BCUT2D eigenvalue weighted by Gasteiger charge is 2.18. The predicted octanol–water partition coefficient (Wildman–Crippen LogP) is 1.39. The largest absolute Gasteiger partial charge is 0.496 e. The number of ether oxygens (including phenoxy) is 2. The van der Waals surface area contributed by atoms with Gasteiger partial charge in [-0.2, -0.15) is 0 Å². The molecular formula is C14H21FN2O2. The lowest BCUT2D eigenvalue weighted by Gasteiger charge is -2.28. The summed E-state index contributed by atoms with van der Waals surface area (Å²) in [6, 6.07) is 3.54. The minimum Gasteiger partial charge on any atom is -0.496 e. The summed E-state index contributed by atoms with van der Waals surface area (Å²) in [5.74, 6) is 0.399. The lowest BCUT2D eigenvalue weighted by molar-refractivity contribution is 0.180. The molecule has 0 spiro atoms. The second-order valence-corrected chi connectivity index (χ2v) is 4.68. The van der Waals surface area contributed by atoms with Crippen LogP contribution in [0.25, 0.3) is 0 Å². The molecule has 0 saturated carbocycles. The Labute approximate surface area is 113 Å². The van der Waals surface area contributed by atoms with Crippen LogP contribution in [-0.4, -0.2) is 45.3 Å². The first-order valence-electron chi connectivity index (χ1n) is 6.52. The van der Waals surface area contributed by atoms with E-state index in [1.807, 2.05) is 6.07 Å². The minimum absolute atomic E-state index is 0.209. The summed E-state index contributed by atoms with van der Waals surface area (Å²) in [7, 11) is 3.14. The maximum absolute atomic E-state index is 14.5. The first-order chi connectivity index (χ1) is 9.26. The molecule has 0 amide bonds. The molecule has 1 aliphatic heterocycles. The van der Waals surface area contributed by atoms with Gasteiger partial charge in [0.25, 0.3) is 0 Å². The van der Waals surface area contributed by atoms with Gasteiger partial charge in [-0.3, -0.25) is 4.90 Å². The number of piperazine rings is 1. The molecule has 1 saturated heterocycles. The van der Waals surface area contributed by atoms with Crippen LogP contribution in [0.5, 0.6) is 5.75 Å². The normalized spacial score (nSPS) is 16.6. The molecule has 4 nitrogen and oxygen atoms in total. The number of methoxy groups -OCH3 is 2. The topological polar surface area (TPSA) is 33.7 Å². The van der Waals surface area contributed by atoms with E-state index in [1.54, 1.807) is 20.3 Å². The van der Waals surface area contributed by atoms with Crippen molar-refractivity contribution in [1.82, 2.24) is 10.2 Å². The minimum atomic E-state index is -0.209. The van der Waals surface area contributed by atoms with Gasteiger partial charge < -0.3 is 14.8 Å². The Morgan fingerprint density at radius 3 is 2.63 bits per heavy atom. The van der Waals surface area contributed by atoms with E-state index in [0.717, 1.165) is 26.2 Å². The van der Waals surface area contributed by atoms with Crippen molar-refractivity contribution in [3.05, 3.63) is 29.1 Å². The molecule has 0 atom stereocenters. The smallest absolute Gasteiger partial charge is 0.136 e. The number of rotatable bonds is 5. The lowest BCUT2D eigenvalue weighted by atomic mass is 10.1. The van der Waals surface area contributed by atoms with E-state index in [0.29, 0.717) is 23.4 Å². The molecule has 1 N–H and O–H groups in total. The van der Waals surface area contributed by atoms with Gasteiger partial charge in [0, 0.05) is 51.0 Å². The molecule has 0 radical (unpaired) electrons. The summed E-state index contributed by atoms with van der Waals surface area (Å²) in [5, 5.41) is 3.29. The molecule has 5 heteroatoms. The van der Waals surface area contributed by atoms with Crippen LogP contribution in [0.2, 0.25) is 0 Å². The first kappa shape index (κ1) is 14.2. The van der Waals surface area contributed by atoms with E-state index in [9.17, 15) is 4.39 Å². The van der Waals surface area contributed by atoms with Crippen LogP contribution in [-0.2, 0) is 17.9 Å². The third-order valence-corrected chi connectivity index (χ3v) is 3.39. The van der Waals surface area contributed by atoms with Gasteiger partial charge in [-0.1, -0.05) is 6.07 Å². The molecule has 19 heavy (non-hydrogen) atoms. The number of nitrogens with zero attached hydrogens (tertiary/aromatic N) is 1. The van der Waals surface area contributed by atoms with Gasteiger partial charge in [-0.15, -0.1) is 0 Å². The van der Waals surface area contributed by atoms with Crippen molar-refractivity contribution < 1.29 is 13.9 Å². The van der Waals surface area contributed by atoms with Crippen LogP contribution in [0.1, 0.15) is 11.1 Å². The van der Waals surface area contributed by atoms with Gasteiger partial charge in [0.15, 0.2) is 0 Å². The molecule has 106 valence electrons. The number of nitrogens with one attached hydrogen (secondary N) is 1. The van der Waals surface area contributed by atoms with Gasteiger partial charge in [0.1, 0.15) is 11.6 Å². The average molecular weight is 268 g/mol. The molecule has 0 unspecified atom stereocenters. The summed E-state index contributed by atoms with van der Waals surface area (Å²) < 4.78 is 24.8. The Bertz CT molecular complexity index is 420. The Morgan fingerprint density at radius 1 is 1.26 bits per heavy atom. The fraction of sp³-hybridized carbons (Fsp3) is 0.571. The van der Waals surface area contributed by atoms with Crippen molar-refractivity contribution in [3.63, 3.8) is 0 Å². The molecule has 0 bridgehead atoms. The van der Waals surface area contributed by atoms with Gasteiger partial charge >= 0.3 is 0 Å². The van der Waals surface area contributed by atoms with Gasteiger partial charge in [0.05, 0.1) is 13.7 Å². The van der Waals surface area contributed by atoms with Crippen molar-refractivity contribution in [3.8, 4) is 5.75 Å². The molecule has 1 fully saturated rings. The van der Waals surface area contributed by atoms with Crippen LogP contribution in [0, 0.1) is 5.82 Å². The van der Waals surface area contributed by atoms with Crippen molar-refractivity contribution in [2.45, 2.75) is 13.2 Å². The molecule has 1 aromatic rings. The molecule has 0 aromatic heterocycles. The van der Waals surface area contributed by atoms with Gasteiger partial charge in [-0.25, -0.2) is 4.39 Å². The van der Waals surface area contributed by atoms with Crippen LogP contribution in [0.3, 0.4) is 0 Å². The highest BCUT2D eigenvalue weighted by atomic mass is 19.1. The maximum Gasteiger partial charge on any atom is 0.136 e. The zero-order valence-corrected chi connectivity index (χ0v) is 11.5. The number of hydrogen-bond donors (Lipinski definition) is 1. The fourth-order valence-corrected chi connectivity index (χ4v) is 2.35. The van der Waals surface area contributed by atoms with E-state index >= 15 is 0 Å². The monoisotopic (exact) mass is 268 g/mol. The Hall–Kier alpha value is -1.17. The Kier molecular flexibility index (Phi) is 5.13. The van der Waals surface area contributed by atoms with E-state index in [4.69, 9.17) is 9.47 Å². The number of halogens is 1. The number of hydrogen-bond acceptors (Lipinski definition) is 4. The molecule has 0 aliphatic carbocycles. The van der Waals surface area contributed by atoms with Crippen LogP contribution in [0.4, 0.5) is 4.39 Å². The zero-order chi connectivity index (χ0) is 13.7. The maximum atomic E-state index is 14.5. The highest BCUT2D eigenvalue weighted by Crippen LogP contribution is 2.26. The Balaban J connectivity index is 2.22. The van der Waals surface area contributed by atoms with E-state index in [1.165, 1.54) is 0 Å². The summed E-state index contributed by atoms with van der Waals surface area (Å²) >= 11 is 0. The summed E-state index contributed by atoms with van der Waals surface area (Å²) in [5.41, 5.74) is 1.20. The quantitative estimate of drug-likeness (QED) is 0.875. The van der Waals surface area contributed by atoms with Crippen LogP contribution in [0.15, 0.2) is 12.1 Å². The van der Waals surface area contributed by atoms with Crippen LogP contribution >= 0.6 is 0 Å². The van der Waals surface area contributed by atoms with Gasteiger partial charge in [0.2, 0.25) is 0 Å². The third-order valence-electron chi connectivity index (χ3n) is 3.39. The molecule has 2 rings (SSSR count). The van der Waals surface area contributed by atoms with E-state index in [2.05, 4.69) is 10.2 Å². The summed E-state index contributed by atoms with van der Waals surface area (Å²) in [4.78, 5) is 2.23. The zero-order valence-electron chi connectivity index (χ0n) is 11.5. The number of benzene rings is 1. The second-order valence-electron chi connectivity index (χ2n) is 4.68. The van der Waals surface area contributed by atoms with E-state index < -0.39 is 0 Å². The van der Waals surface area contributed by atoms with Crippen molar-refractivity contribution in [2.24, 2.45) is 0 Å². The molecule has 1 aromatic carbocycles. The summed E-state index contributed by atoms with van der Waals surface area (Å²) in [6.45, 7) is 4.61.